The second kappa shape index (κ2) is 5.66. The minimum Gasteiger partial charge on any atom is -0.224 e. The first-order valence-corrected chi connectivity index (χ1v) is 10.0. The molecule has 21 heavy (non-hydrogen) atoms. The summed E-state index contributed by atoms with van der Waals surface area (Å²) in [5, 5.41) is 0. The molecule has 1 aliphatic carbocycles. The second-order valence-electron chi connectivity index (χ2n) is 5.38. The maximum absolute atomic E-state index is 13.8. The fourth-order valence-corrected chi connectivity index (χ4v) is 4.41. The van der Waals surface area contributed by atoms with E-state index in [4.69, 9.17) is 0 Å². The number of benzene rings is 1. The Morgan fingerprint density at radius 3 is 2.52 bits per heavy atom. The molecule has 1 aromatic rings. The zero-order valence-corrected chi connectivity index (χ0v) is 13.5. The lowest BCUT2D eigenvalue weighted by atomic mass is 10.2. The van der Waals surface area contributed by atoms with Crippen LogP contribution in [0.5, 0.6) is 0 Å². The van der Waals surface area contributed by atoms with Crippen LogP contribution in [-0.2, 0) is 19.9 Å². The van der Waals surface area contributed by atoms with Gasteiger partial charge in [-0.3, -0.25) is 0 Å². The van der Waals surface area contributed by atoms with Gasteiger partial charge in [0, 0.05) is 12.3 Å². The highest BCUT2D eigenvalue weighted by Crippen LogP contribution is 2.36. The van der Waals surface area contributed by atoms with Crippen LogP contribution in [0.1, 0.15) is 26.2 Å². The first kappa shape index (κ1) is 16.4. The Bertz CT molecular complexity index is 743. The zero-order chi connectivity index (χ0) is 15.8. The van der Waals surface area contributed by atoms with Gasteiger partial charge in [-0.05, 0) is 37.0 Å². The average Bonchev–Trinajstić information content (AvgIpc) is 3.05. The summed E-state index contributed by atoms with van der Waals surface area (Å²) < 4.78 is 63.5. The molecule has 0 amide bonds. The Labute approximate surface area is 124 Å². The third-order valence-electron chi connectivity index (χ3n) is 3.51. The molecular weight excluding hydrogens is 317 g/mol. The minimum atomic E-state index is -4.05. The van der Waals surface area contributed by atoms with Gasteiger partial charge in [0.15, 0.2) is 9.84 Å². The Morgan fingerprint density at radius 2 is 1.95 bits per heavy atom. The predicted octanol–water partition coefficient (Wildman–Crippen LogP) is 1.70. The normalized spacial score (nSPS) is 22.2. The van der Waals surface area contributed by atoms with Gasteiger partial charge in [0.05, 0.1) is 4.90 Å². The number of hydrogen-bond acceptors (Lipinski definition) is 4. The summed E-state index contributed by atoms with van der Waals surface area (Å²) in [7, 11) is -7.64. The molecule has 118 valence electrons. The Morgan fingerprint density at radius 1 is 1.29 bits per heavy atom. The maximum atomic E-state index is 13.8. The van der Waals surface area contributed by atoms with Crippen LogP contribution in [0.15, 0.2) is 28.0 Å². The zero-order valence-electron chi connectivity index (χ0n) is 11.8. The van der Waals surface area contributed by atoms with Gasteiger partial charge in [-0.1, -0.05) is 13.3 Å². The molecular formula is C13H18FNO4S2. The predicted molar refractivity (Wildman–Crippen MR) is 76.6 cm³/mol. The van der Waals surface area contributed by atoms with E-state index in [-0.39, 0.29) is 16.9 Å². The van der Waals surface area contributed by atoms with Crippen molar-refractivity contribution < 1.29 is 21.2 Å². The van der Waals surface area contributed by atoms with Crippen molar-refractivity contribution in [3.8, 4) is 0 Å². The molecule has 0 saturated heterocycles. The molecule has 2 atom stereocenters. The molecule has 0 bridgehead atoms. The van der Waals surface area contributed by atoms with Crippen LogP contribution in [0.4, 0.5) is 4.39 Å². The van der Waals surface area contributed by atoms with Crippen LogP contribution in [0.25, 0.3) is 0 Å². The van der Waals surface area contributed by atoms with E-state index in [0.717, 1.165) is 43.7 Å². The Kier molecular flexibility index (Phi) is 4.41. The van der Waals surface area contributed by atoms with Crippen molar-refractivity contribution in [2.45, 2.75) is 42.0 Å². The summed E-state index contributed by atoms with van der Waals surface area (Å²) in [4.78, 5) is -0.835. The highest BCUT2D eigenvalue weighted by molar-refractivity contribution is 7.91. The average molecular weight is 335 g/mol. The molecule has 5 nitrogen and oxygen atoms in total. The van der Waals surface area contributed by atoms with Gasteiger partial charge in [-0.15, -0.1) is 0 Å². The monoisotopic (exact) mass is 335 g/mol. The summed E-state index contributed by atoms with van der Waals surface area (Å²) in [5.41, 5.74) is 0. The van der Waals surface area contributed by atoms with E-state index in [9.17, 15) is 21.2 Å². The Hall–Kier alpha value is -0.990. The number of hydrogen-bond donors (Lipinski definition) is 1. The standard InChI is InChI=1S/C13H18FNO4S2/c1-3-4-9-7-12(9)15-21(18,19)13-8-10(20(2,16)17)5-6-11(13)14/h5-6,8-9,12,15H,3-4,7H2,1-2H3. The van der Waals surface area contributed by atoms with Gasteiger partial charge < -0.3 is 0 Å². The SMILES string of the molecule is CCCC1CC1NS(=O)(=O)c1cc(S(C)(=O)=O)ccc1F. The van der Waals surface area contributed by atoms with Crippen molar-refractivity contribution in [2.24, 2.45) is 5.92 Å². The number of nitrogens with one attached hydrogen (secondary N) is 1. The van der Waals surface area contributed by atoms with Gasteiger partial charge in [-0.25, -0.2) is 25.9 Å². The van der Waals surface area contributed by atoms with Gasteiger partial charge in [0.2, 0.25) is 10.0 Å². The highest BCUT2D eigenvalue weighted by Gasteiger charge is 2.39. The van der Waals surface area contributed by atoms with Crippen molar-refractivity contribution in [3.05, 3.63) is 24.0 Å². The lowest BCUT2D eigenvalue weighted by Crippen LogP contribution is -2.28. The van der Waals surface area contributed by atoms with Gasteiger partial charge >= 0.3 is 0 Å². The third kappa shape index (κ3) is 3.81. The third-order valence-corrected chi connectivity index (χ3v) is 6.12. The topological polar surface area (TPSA) is 80.3 Å². The number of halogens is 1. The van der Waals surface area contributed by atoms with E-state index in [2.05, 4.69) is 4.72 Å². The molecule has 1 N–H and O–H groups in total. The van der Waals surface area contributed by atoms with Crippen molar-refractivity contribution in [1.82, 2.24) is 4.72 Å². The molecule has 2 unspecified atom stereocenters. The summed E-state index contributed by atoms with van der Waals surface area (Å²) in [6.45, 7) is 2.01. The van der Waals surface area contributed by atoms with Gasteiger partial charge in [0.1, 0.15) is 10.7 Å². The molecule has 1 aromatic carbocycles. The lowest BCUT2D eigenvalue weighted by Gasteiger charge is -2.09. The number of sulfone groups is 1. The van der Waals surface area contributed by atoms with E-state index in [1.54, 1.807) is 0 Å². The molecule has 1 aliphatic rings. The number of sulfonamides is 1. The summed E-state index contributed by atoms with van der Waals surface area (Å²) in [6, 6.07) is 2.60. The molecule has 0 radical (unpaired) electrons. The van der Waals surface area contributed by atoms with Gasteiger partial charge in [0.25, 0.3) is 0 Å². The maximum Gasteiger partial charge on any atom is 0.243 e. The van der Waals surface area contributed by atoms with Crippen LogP contribution >= 0.6 is 0 Å². The van der Waals surface area contributed by atoms with Gasteiger partial charge in [-0.2, -0.15) is 0 Å². The largest absolute Gasteiger partial charge is 0.243 e. The molecule has 2 rings (SSSR count). The minimum absolute atomic E-state index is 0.184. The summed E-state index contributed by atoms with van der Waals surface area (Å²) >= 11 is 0. The molecule has 0 spiro atoms. The summed E-state index contributed by atoms with van der Waals surface area (Å²) in [5.74, 6) is -0.673. The van der Waals surface area contributed by atoms with Crippen LogP contribution in [-0.4, -0.2) is 29.1 Å². The first-order chi connectivity index (χ1) is 9.65. The van der Waals surface area contributed by atoms with Crippen LogP contribution in [0, 0.1) is 11.7 Å². The van der Waals surface area contributed by atoms with Crippen LogP contribution in [0.3, 0.4) is 0 Å². The molecule has 0 heterocycles. The second-order valence-corrected chi connectivity index (χ2v) is 9.07. The first-order valence-electron chi connectivity index (χ1n) is 6.67. The van der Waals surface area contributed by atoms with E-state index in [1.165, 1.54) is 0 Å². The smallest absolute Gasteiger partial charge is 0.224 e. The van der Waals surface area contributed by atoms with Crippen LogP contribution in [0.2, 0.25) is 0 Å². The summed E-state index contributed by atoms with van der Waals surface area (Å²) in [6.07, 6.45) is 3.56. The van der Waals surface area contributed by atoms with Crippen molar-refractivity contribution in [2.75, 3.05) is 6.26 Å². The van der Waals surface area contributed by atoms with Crippen LogP contribution < -0.4 is 4.72 Å². The molecule has 1 fully saturated rings. The Balaban J connectivity index is 2.28. The highest BCUT2D eigenvalue weighted by atomic mass is 32.2. The fraction of sp³-hybridized carbons (Fsp3) is 0.538. The van der Waals surface area contributed by atoms with E-state index >= 15 is 0 Å². The lowest BCUT2D eigenvalue weighted by molar-refractivity contribution is 0.550. The molecule has 8 heteroatoms. The molecule has 1 saturated carbocycles. The molecule has 0 aliphatic heterocycles. The van der Waals surface area contributed by atoms with Crippen molar-refractivity contribution in [1.29, 1.82) is 0 Å². The number of rotatable bonds is 6. The molecule has 0 aromatic heterocycles. The van der Waals surface area contributed by atoms with E-state index in [1.807, 2.05) is 6.92 Å². The quantitative estimate of drug-likeness (QED) is 0.802. The van der Waals surface area contributed by atoms with E-state index < -0.39 is 30.6 Å². The fourth-order valence-electron chi connectivity index (χ4n) is 2.26. The van der Waals surface area contributed by atoms with Crippen molar-refractivity contribution >= 4 is 19.9 Å². The van der Waals surface area contributed by atoms with E-state index in [0.29, 0.717) is 0 Å². The van der Waals surface area contributed by atoms with Crippen molar-refractivity contribution in [3.63, 3.8) is 0 Å².